The van der Waals surface area contributed by atoms with E-state index in [0.717, 1.165) is 29.1 Å². The lowest BCUT2D eigenvalue weighted by atomic mass is 10.2. The Hall–Kier alpha value is -2.73. The van der Waals surface area contributed by atoms with Crippen molar-refractivity contribution in [3.63, 3.8) is 0 Å². The SMILES string of the molecule is Cc1nn(-c2ccccc2)c(Cl)c1Cn1cnc2cc(F)c(F)cc21. The zero-order valence-electron chi connectivity index (χ0n) is 13.2. The molecule has 2 heterocycles. The van der Waals surface area contributed by atoms with E-state index in [1.165, 1.54) is 0 Å². The maximum Gasteiger partial charge on any atom is 0.161 e. The van der Waals surface area contributed by atoms with Crippen LogP contribution in [0.4, 0.5) is 8.78 Å². The van der Waals surface area contributed by atoms with Gasteiger partial charge in [-0.05, 0) is 19.1 Å². The fourth-order valence-corrected chi connectivity index (χ4v) is 3.13. The summed E-state index contributed by atoms with van der Waals surface area (Å²) in [5.74, 6) is -1.82. The number of halogens is 3. The van der Waals surface area contributed by atoms with Crippen LogP contribution >= 0.6 is 11.6 Å². The molecule has 2 aromatic heterocycles. The minimum atomic E-state index is -0.913. The molecule has 0 atom stereocenters. The Morgan fingerprint density at radius 3 is 2.56 bits per heavy atom. The lowest BCUT2D eigenvalue weighted by Crippen LogP contribution is -2.00. The number of hydrogen-bond acceptors (Lipinski definition) is 2. The van der Waals surface area contributed by atoms with Crippen LogP contribution in [0, 0.1) is 18.6 Å². The summed E-state index contributed by atoms with van der Waals surface area (Å²) >= 11 is 6.52. The van der Waals surface area contributed by atoms with Crippen molar-refractivity contribution < 1.29 is 8.78 Å². The lowest BCUT2D eigenvalue weighted by molar-refractivity contribution is 0.510. The summed E-state index contributed by atoms with van der Waals surface area (Å²) in [7, 11) is 0. The molecular weight excluding hydrogens is 346 g/mol. The predicted molar refractivity (Wildman–Crippen MR) is 92.1 cm³/mol. The minimum Gasteiger partial charge on any atom is -0.326 e. The maximum atomic E-state index is 13.6. The van der Waals surface area contributed by atoms with Crippen molar-refractivity contribution in [3.05, 3.63) is 76.8 Å². The van der Waals surface area contributed by atoms with Gasteiger partial charge in [-0.15, -0.1) is 0 Å². The number of benzene rings is 2. The molecule has 126 valence electrons. The number of fused-ring (bicyclic) bond motifs is 1. The van der Waals surface area contributed by atoms with Crippen LogP contribution < -0.4 is 0 Å². The topological polar surface area (TPSA) is 35.6 Å². The Morgan fingerprint density at radius 1 is 1.08 bits per heavy atom. The number of hydrogen-bond donors (Lipinski definition) is 0. The van der Waals surface area contributed by atoms with Crippen molar-refractivity contribution in [2.24, 2.45) is 0 Å². The number of rotatable bonds is 3. The van der Waals surface area contributed by atoms with Gasteiger partial charge in [-0.25, -0.2) is 18.4 Å². The quantitative estimate of drug-likeness (QED) is 0.540. The monoisotopic (exact) mass is 358 g/mol. The molecule has 0 saturated carbocycles. The number of aryl methyl sites for hydroxylation is 1. The molecule has 2 aromatic carbocycles. The second-order valence-corrected chi connectivity index (χ2v) is 6.09. The standard InChI is InChI=1S/C18H13ClF2N4/c1-11-13(18(19)25(23-11)12-5-3-2-4-6-12)9-24-10-22-16-7-14(20)15(21)8-17(16)24/h2-8,10H,9H2,1H3. The first-order valence-corrected chi connectivity index (χ1v) is 8.01. The molecule has 0 N–H and O–H groups in total. The van der Waals surface area contributed by atoms with Crippen LogP contribution in [0.3, 0.4) is 0 Å². The average Bonchev–Trinajstić information content (AvgIpc) is 3.12. The van der Waals surface area contributed by atoms with E-state index in [2.05, 4.69) is 10.1 Å². The fraction of sp³-hybridized carbons (Fsp3) is 0.111. The lowest BCUT2D eigenvalue weighted by Gasteiger charge is -2.06. The molecular formula is C18H13ClF2N4. The van der Waals surface area contributed by atoms with E-state index in [1.807, 2.05) is 37.3 Å². The normalized spacial score (nSPS) is 11.4. The summed E-state index contributed by atoms with van der Waals surface area (Å²) < 4.78 is 30.3. The zero-order valence-corrected chi connectivity index (χ0v) is 14.0. The van der Waals surface area contributed by atoms with Gasteiger partial charge in [0.15, 0.2) is 11.6 Å². The third-order valence-electron chi connectivity index (χ3n) is 4.11. The van der Waals surface area contributed by atoms with Crippen molar-refractivity contribution in [3.8, 4) is 5.69 Å². The summed E-state index contributed by atoms with van der Waals surface area (Å²) in [6.07, 6.45) is 1.54. The molecule has 0 amide bonds. The van der Waals surface area contributed by atoms with Gasteiger partial charge in [0.05, 0.1) is 35.3 Å². The molecule has 25 heavy (non-hydrogen) atoms. The second-order valence-electron chi connectivity index (χ2n) is 5.73. The van der Waals surface area contributed by atoms with Crippen molar-refractivity contribution in [1.29, 1.82) is 0 Å². The summed E-state index contributed by atoms with van der Waals surface area (Å²) in [6, 6.07) is 11.8. The summed E-state index contributed by atoms with van der Waals surface area (Å²) in [6.45, 7) is 2.22. The summed E-state index contributed by atoms with van der Waals surface area (Å²) in [5.41, 5.74) is 3.31. The Labute approximate surface area is 147 Å². The number of aromatic nitrogens is 4. The van der Waals surface area contributed by atoms with Crippen LogP contribution in [0.2, 0.25) is 5.15 Å². The van der Waals surface area contributed by atoms with Gasteiger partial charge in [-0.1, -0.05) is 29.8 Å². The third-order valence-corrected chi connectivity index (χ3v) is 4.50. The highest BCUT2D eigenvalue weighted by Crippen LogP contribution is 2.26. The zero-order chi connectivity index (χ0) is 17.6. The number of para-hydroxylation sites is 1. The van der Waals surface area contributed by atoms with Gasteiger partial charge < -0.3 is 4.57 Å². The van der Waals surface area contributed by atoms with Gasteiger partial charge in [0.2, 0.25) is 0 Å². The van der Waals surface area contributed by atoms with E-state index < -0.39 is 11.6 Å². The molecule has 0 aliphatic carbocycles. The van der Waals surface area contributed by atoms with Crippen molar-refractivity contribution in [2.75, 3.05) is 0 Å². The van der Waals surface area contributed by atoms with Crippen molar-refractivity contribution >= 4 is 22.6 Å². The summed E-state index contributed by atoms with van der Waals surface area (Å²) in [5, 5.41) is 4.97. The predicted octanol–water partition coefficient (Wildman–Crippen LogP) is 4.51. The Bertz CT molecular complexity index is 1070. The minimum absolute atomic E-state index is 0.360. The van der Waals surface area contributed by atoms with Crippen LogP contribution in [0.15, 0.2) is 48.8 Å². The van der Waals surface area contributed by atoms with Gasteiger partial charge in [0, 0.05) is 17.7 Å². The molecule has 4 rings (SSSR count). The van der Waals surface area contributed by atoms with Crippen LogP contribution in [0.5, 0.6) is 0 Å². The molecule has 0 aliphatic rings. The fourth-order valence-electron chi connectivity index (χ4n) is 2.80. The Morgan fingerprint density at radius 2 is 1.80 bits per heavy atom. The van der Waals surface area contributed by atoms with Crippen molar-refractivity contribution in [2.45, 2.75) is 13.5 Å². The Balaban J connectivity index is 1.77. The van der Waals surface area contributed by atoms with Crippen molar-refractivity contribution in [1.82, 2.24) is 19.3 Å². The van der Waals surface area contributed by atoms with Gasteiger partial charge in [0.25, 0.3) is 0 Å². The van der Waals surface area contributed by atoms with Crippen LogP contribution in [-0.2, 0) is 6.54 Å². The molecule has 7 heteroatoms. The molecule has 0 radical (unpaired) electrons. The first kappa shape index (κ1) is 15.8. The second kappa shape index (κ2) is 5.97. The van der Waals surface area contributed by atoms with E-state index in [1.54, 1.807) is 15.6 Å². The van der Waals surface area contributed by atoms with E-state index in [-0.39, 0.29) is 0 Å². The van der Waals surface area contributed by atoms with Crippen LogP contribution in [0.25, 0.3) is 16.7 Å². The highest BCUT2D eigenvalue weighted by atomic mass is 35.5. The first-order valence-electron chi connectivity index (χ1n) is 7.64. The molecule has 0 aliphatic heterocycles. The van der Waals surface area contributed by atoms with Gasteiger partial charge in [-0.3, -0.25) is 0 Å². The van der Waals surface area contributed by atoms with E-state index in [9.17, 15) is 8.78 Å². The Kier molecular flexibility index (Phi) is 3.77. The van der Waals surface area contributed by atoms with Crippen LogP contribution in [0.1, 0.15) is 11.3 Å². The van der Waals surface area contributed by atoms with E-state index >= 15 is 0 Å². The number of nitrogens with zero attached hydrogens (tertiary/aromatic N) is 4. The van der Waals surface area contributed by atoms with Crippen LogP contribution in [-0.4, -0.2) is 19.3 Å². The van der Waals surface area contributed by atoms with Gasteiger partial charge >= 0.3 is 0 Å². The largest absolute Gasteiger partial charge is 0.326 e. The average molecular weight is 359 g/mol. The third kappa shape index (κ3) is 2.68. The van der Waals surface area contributed by atoms with Gasteiger partial charge in [0.1, 0.15) is 5.15 Å². The molecule has 0 saturated heterocycles. The molecule has 4 nitrogen and oxygen atoms in total. The number of imidazole rings is 1. The molecule has 0 spiro atoms. The van der Waals surface area contributed by atoms with E-state index in [0.29, 0.717) is 22.7 Å². The highest BCUT2D eigenvalue weighted by molar-refractivity contribution is 6.30. The molecule has 0 bridgehead atoms. The van der Waals surface area contributed by atoms with E-state index in [4.69, 9.17) is 11.6 Å². The van der Waals surface area contributed by atoms with Gasteiger partial charge in [-0.2, -0.15) is 5.10 Å². The summed E-state index contributed by atoms with van der Waals surface area (Å²) in [4.78, 5) is 4.13. The molecule has 0 unspecified atom stereocenters. The highest BCUT2D eigenvalue weighted by Gasteiger charge is 2.17. The smallest absolute Gasteiger partial charge is 0.161 e. The maximum absolute atomic E-state index is 13.6. The molecule has 0 fully saturated rings. The first-order chi connectivity index (χ1) is 12.0. The molecule has 4 aromatic rings.